The summed E-state index contributed by atoms with van der Waals surface area (Å²) in [5.74, 6) is 4.57. The van der Waals surface area contributed by atoms with Crippen molar-refractivity contribution in [3.05, 3.63) is 48.2 Å². The number of hydrogen-bond donors (Lipinski definition) is 1. The summed E-state index contributed by atoms with van der Waals surface area (Å²) in [6, 6.07) is 0. The van der Waals surface area contributed by atoms with Crippen LogP contribution < -0.4 is 0 Å². The fourth-order valence-electron chi connectivity index (χ4n) is 7.81. The summed E-state index contributed by atoms with van der Waals surface area (Å²) < 4.78 is 0. The summed E-state index contributed by atoms with van der Waals surface area (Å²) in [6.45, 7) is 23.6. The molecule has 3 unspecified atom stereocenters. The molecule has 2 saturated carbocycles. The van der Waals surface area contributed by atoms with Crippen LogP contribution in [0.1, 0.15) is 145 Å². The Labute approximate surface area is 303 Å². The molecule has 2 aliphatic carbocycles. The molecule has 3 rings (SSSR count). The fraction of sp³-hybridized carbons (Fsp3) is 0.750. The molecule has 3 aliphatic rings. The minimum Gasteiger partial charge on any atom is -0.390 e. The van der Waals surface area contributed by atoms with Gasteiger partial charge < -0.3 is 15.0 Å². The molecule has 5 nitrogen and oxygen atoms in total. The maximum Gasteiger partial charge on any atom is 0.168 e. The van der Waals surface area contributed by atoms with Gasteiger partial charge in [0, 0.05) is 32.4 Å². The van der Waals surface area contributed by atoms with Gasteiger partial charge in [-0.1, -0.05) is 84.3 Å². The number of likely N-dealkylation sites (tertiary alicyclic amines) is 1. The van der Waals surface area contributed by atoms with Crippen molar-refractivity contribution in [1.29, 1.82) is 0 Å². The Morgan fingerprint density at radius 2 is 1.61 bits per heavy atom. The third kappa shape index (κ3) is 18.5. The van der Waals surface area contributed by atoms with Gasteiger partial charge in [-0.15, -0.1) is 0 Å². The van der Waals surface area contributed by atoms with Crippen LogP contribution >= 0.6 is 0 Å². The summed E-state index contributed by atoms with van der Waals surface area (Å²) in [5, 5.41) is 9.24. The normalized spacial score (nSPS) is 26.0. The summed E-state index contributed by atoms with van der Waals surface area (Å²) >= 11 is 0. The lowest BCUT2D eigenvalue weighted by Crippen LogP contribution is -2.36. The fourth-order valence-corrected chi connectivity index (χ4v) is 7.81. The van der Waals surface area contributed by atoms with Crippen molar-refractivity contribution >= 4 is 18.2 Å². The van der Waals surface area contributed by atoms with Gasteiger partial charge in [0.2, 0.25) is 0 Å². The van der Waals surface area contributed by atoms with Crippen LogP contribution in [0.15, 0.2) is 58.2 Å². The third-order valence-corrected chi connectivity index (χ3v) is 10.7. The van der Waals surface area contributed by atoms with E-state index in [-0.39, 0.29) is 0 Å². The molecular formula is C44H77N3O2. The molecule has 0 aromatic carbocycles. The van der Waals surface area contributed by atoms with Crippen LogP contribution in [-0.4, -0.2) is 60.5 Å². The first-order chi connectivity index (χ1) is 23.5. The molecule has 1 N–H and O–H groups in total. The largest absolute Gasteiger partial charge is 0.390 e. The number of fused-ring (bicyclic) bond motifs is 3. The number of rotatable bonds is 16. The van der Waals surface area contributed by atoms with Gasteiger partial charge in [0.15, 0.2) is 6.29 Å². The van der Waals surface area contributed by atoms with Crippen LogP contribution in [0.4, 0.5) is 0 Å². The summed E-state index contributed by atoms with van der Waals surface area (Å²) in [5.41, 5.74) is 2.73. The van der Waals surface area contributed by atoms with E-state index in [4.69, 9.17) is 0 Å². The van der Waals surface area contributed by atoms with Gasteiger partial charge >= 0.3 is 0 Å². The second-order valence-electron chi connectivity index (χ2n) is 15.5. The van der Waals surface area contributed by atoms with Crippen LogP contribution in [-0.2, 0) is 4.79 Å². The van der Waals surface area contributed by atoms with E-state index in [9.17, 15) is 9.90 Å². The number of carbonyl (C=O) groups is 1. The molecule has 0 amide bonds. The maximum atomic E-state index is 11.6. The molecule has 280 valence electrons. The molecule has 49 heavy (non-hydrogen) atoms. The van der Waals surface area contributed by atoms with E-state index in [1.165, 1.54) is 64.2 Å². The van der Waals surface area contributed by atoms with E-state index in [1.807, 2.05) is 53.1 Å². The van der Waals surface area contributed by atoms with Gasteiger partial charge in [-0.2, -0.15) is 0 Å². The van der Waals surface area contributed by atoms with Crippen LogP contribution in [0.2, 0.25) is 0 Å². The first-order valence-electron chi connectivity index (χ1n) is 20.1. The van der Waals surface area contributed by atoms with Crippen molar-refractivity contribution in [3.63, 3.8) is 0 Å². The van der Waals surface area contributed by atoms with Crippen molar-refractivity contribution in [2.24, 2.45) is 45.5 Å². The highest BCUT2D eigenvalue weighted by Crippen LogP contribution is 2.45. The van der Waals surface area contributed by atoms with Gasteiger partial charge in [0.1, 0.15) is 0 Å². The van der Waals surface area contributed by atoms with E-state index < -0.39 is 5.60 Å². The molecule has 0 radical (unpaired) electrons. The minimum atomic E-state index is -0.449. The monoisotopic (exact) mass is 680 g/mol. The maximum absolute atomic E-state index is 11.6. The van der Waals surface area contributed by atoms with Crippen molar-refractivity contribution in [2.75, 3.05) is 26.7 Å². The Bertz CT molecular complexity index is 1040. The molecule has 5 heteroatoms. The van der Waals surface area contributed by atoms with Crippen LogP contribution in [0, 0.1) is 35.5 Å². The lowest BCUT2D eigenvalue weighted by atomic mass is 9.70. The minimum absolute atomic E-state index is 0.449. The third-order valence-electron chi connectivity index (χ3n) is 10.7. The van der Waals surface area contributed by atoms with Gasteiger partial charge in [0.05, 0.1) is 11.3 Å². The van der Waals surface area contributed by atoms with Crippen molar-refractivity contribution < 1.29 is 9.90 Å². The number of hydrogen-bond acceptors (Lipinski definition) is 5. The van der Waals surface area contributed by atoms with Crippen molar-refractivity contribution in [1.82, 2.24) is 4.90 Å². The SMILES string of the molecule is C=C/C(=C\C(C=O)=NCCC)N1CC2CCC(CC(C3CCC(/C(C)=C/C=C\C(C)CC=NC)CC3)C2)C1.CC.CCCCCC(C)(C)O. The van der Waals surface area contributed by atoms with E-state index >= 15 is 0 Å². The molecule has 0 spiro atoms. The Morgan fingerprint density at radius 1 is 0.980 bits per heavy atom. The quantitative estimate of drug-likeness (QED) is 0.0764. The number of carbonyl (C=O) groups excluding carboxylic acids is 1. The summed E-state index contributed by atoms with van der Waals surface area (Å²) in [4.78, 5) is 22.6. The van der Waals surface area contributed by atoms with E-state index in [2.05, 4.69) is 67.4 Å². The van der Waals surface area contributed by atoms with E-state index in [0.717, 1.165) is 80.3 Å². The number of nitrogens with zero attached hydrogens (tertiary/aromatic N) is 3. The molecule has 0 aromatic heterocycles. The van der Waals surface area contributed by atoms with Crippen LogP contribution in [0.5, 0.6) is 0 Å². The Balaban J connectivity index is 0.000000945. The summed E-state index contributed by atoms with van der Waals surface area (Å²) in [6.07, 6.45) is 31.2. The first kappa shape index (κ1) is 44.8. The molecule has 1 saturated heterocycles. The second kappa shape index (κ2) is 25.6. The zero-order valence-electron chi connectivity index (χ0n) is 33.4. The number of aldehydes is 1. The highest BCUT2D eigenvalue weighted by Gasteiger charge is 2.37. The zero-order valence-corrected chi connectivity index (χ0v) is 33.4. The smallest absolute Gasteiger partial charge is 0.168 e. The molecule has 0 aromatic rings. The highest BCUT2D eigenvalue weighted by molar-refractivity contribution is 6.34. The summed E-state index contributed by atoms with van der Waals surface area (Å²) in [7, 11) is 1.85. The Morgan fingerprint density at radius 3 is 2.12 bits per heavy atom. The van der Waals surface area contributed by atoms with Crippen LogP contribution in [0.25, 0.3) is 0 Å². The number of unbranched alkanes of at least 4 members (excludes halogenated alkanes) is 2. The van der Waals surface area contributed by atoms with Crippen molar-refractivity contribution in [3.8, 4) is 0 Å². The van der Waals surface area contributed by atoms with Crippen LogP contribution in [0.3, 0.4) is 0 Å². The predicted octanol–water partition coefficient (Wildman–Crippen LogP) is 11.2. The molecule has 3 atom stereocenters. The average molecular weight is 680 g/mol. The van der Waals surface area contributed by atoms with Gasteiger partial charge in [-0.05, 0) is 145 Å². The lowest BCUT2D eigenvalue weighted by molar-refractivity contribution is -0.102. The van der Waals surface area contributed by atoms with Gasteiger partial charge in [0.25, 0.3) is 0 Å². The number of allylic oxidation sites excluding steroid dienone is 6. The lowest BCUT2D eigenvalue weighted by Gasteiger charge is -2.39. The van der Waals surface area contributed by atoms with Gasteiger partial charge in [-0.25, -0.2) is 0 Å². The second-order valence-corrected chi connectivity index (χ2v) is 15.5. The molecular weight excluding hydrogens is 603 g/mol. The zero-order chi connectivity index (χ0) is 36.7. The number of aliphatic hydroxyl groups is 1. The number of aliphatic imine (C=N–C) groups is 2. The van der Waals surface area contributed by atoms with Crippen molar-refractivity contribution in [2.45, 2.75) is 151 Å². The first-order valence-corrected chi connectivity index (χ1v) is 20.1. The van der Waals surface area contributed by atoms with E-state index in [0.29, 0.717) is 18.2 Å². The molecule has 3 fully saturated rings. The highest BCUT2D eigenvalue weighted by atomic mass is 16.3. The standard InChI is InChI=1S/C34H53N3O.C8H18O.C2H6/c1-6-18-36-33(25-38)22-34(7-2)37-23-28-11-12-29(24-37)21-32(20-28)31-15-13-30(14-16-31)27(4)10-8-9-26(3)17-19-35-5;1-4-5-6-7-8(2,3)9;1-2/h7-10,19,22,25-26,28-32H,2,6,11-18,20-21,23-24H2,1,3-5H3;9H,4-7H2,1-3H3;1-2H3/b9-8-,27-10+,34-22+,35-19?,36-33?;;. The average Bonchev–Trinajstić information content (AvgIpc) is 3.42. The molecule has 1 aliphatic heterocycles. The topological polar surface area (TPSA) is 65.3 Å². The van der Waals surface area contributed by atoms with E-state index in [1.54, 1.807) is 5.57 Å². The Kier molecular flexibility index (Phi) is 23.4. The van der Waals surface area contributed by atoms with Gasteiger partial charge in [-0.3, -0.25) is 9.79 Å². The predicted molar refractivity (Wildman–Crippen MR) is 216 cm³/mol. The molecule has 1 heterocycles. The Hall–Kier alpha value is -2.27. The molecule has 2 bridgehead atoms.